The Kier molecular flexibility index (Phi) is 5.60. The minimum absolute atomic E-state index is 0.0683. The summed E-state index contributed by atoms with van der Waals surface area (Å²) in [5.74, 6) is -0.124. The zero-order valence-corrected chi connectivity index (χ0v) is 14.1. The predicted molar refractivity (Wildman–Crippen MR) is 91.2 cm³/mol. The van der Waals surface area contributed by atoms with Gasteiger partial charge in [0.2, 0.25) is 5.91 Å². The van der Waals surface area contributed by atoms with Crippen LogP contribution in [0.25, 0.3) is 0 Å². The molecule has 2 atom stereocenters. The molecule has 0 saturated carbocycles. The minimum Gasteiger partial charge on any atom is -0.339 e. The molecule has 6 nitrogen and oxygen atoms in total. The van der Waals surface area contributed by atoms with Gasteiger partial charge in [0.15, 0.2) is 0 Å². The number of urea groups is 1. The van der Waals surface area contributed by atoms with Crippen molar-refractivity contribution in [2.24, 2.45) is 11.7 Å². The Morgan fingerprint density at radius 2 is 1.74 bits per heavy atom. The van der Waals surface area contributed by atoms with Gasteiger partial charge < -0.3 is 20.9 Å². The maximum atomic E-state index is 12.3. The molecule has 3 amide bonds. The van der Waals surface area contributed by atoms with Crippen molar-refractivity contribution in [3.8, 4) is 0 Å². The minimum atomic E-state index is -0.192. The summed E-state index contributed by atoms with van der Waals surface area (Å²) in [6, 6.07) is 7.42. The maximum Gasteiger partial charge on any atom is 0.321 e. The fraction of sp³-hybridized carbons (Fsp3) is 0.529. The molecule has 1 fully saturated rings. The van der Waals surface area contributed by atoms with E-state index in [2.05, 4.69) is 5.32 Å². The number of piperazine rings is 1. The van der Waals surface area contributed by atoms with Crippen molar-refractivity contribution >= 4 is 17.6 Å². The molecule has 126 valence electrons. The lowest BCUT2D eigenvalue weighted by Gasteiger charge is -2.36. The van der Waals surface area contributed by atoms with Crippen LogP contribution in [-0.4, -0.2) is 54.0 Å². The van der Waals surface area contributed by atoms with Crippen LogP contribution < -0.4 is 11.1 Å². The maximum absolute atomic E-state index is 12.3. The second-order valence-electron chi connectivity index (χ2n) is 6.26. The van der Waals surface area contributed by atoms with Crippen LogP contribution in [0.15, 0.2) is 24.3 Å². The summed E-state index contributed by atoms with van der Waals surface area (Å²) in [6.07, 6.45) is 0. The normalized spacial score (nSPS) is 17.6. The molecule has 1 aliphatic rings. The Morgan fingerprint density at radius 3 is 2.30 bits per heavy atom. The van der Waals surface area contributed by atoms with E-state index in [4.69, 9.17) is 5.73 Å². The number of nitrogens with one attached hydrogen (secondary N) is 1. The molecule has 2 unspecified atom stereocenters. The van der Waals surface area contributed by atoms with Crippen LogP contribution in [0.1, 0.15) is 19.4 Å². The van der Waals surface area contributed by atoms with E-state index in [1.165, 1.54) is 0 Å². The van der Waals surface area contributed by atoms with Crippen molar-refractivity contribution in [1.29, 1.82) is 0 Å². The summed E-state index contributed by atoms with van der Waals surface area (Å²) >= 11 is 0. The van der Waals surface area contributed by atoms with Crippen LogP contribution in [0.2, 0.25) is 0 Å². The van der Waals surface area contributed by atoms with Gasteiger partial charge in [0, 0.05) is 37.9 Å². The molecule has 1 aromatic rings. The van der Waals surface area contributed by atoms with Gasteiger partial charge in [-0.3, -0.25) is 4.79 Å². The molecule has 1 aliphatic heterocycles. The van der Waals surface area contributed by atoms with Crippen LogP contribution in [0.3, 0.4) is 0 Å². The van der Waals surface area contributed by atoms with E-state index in [9.17, 15) is 9.59 Å². The Labute approximate surface area is 137 Å². The molecule has 0 aliphatic carbocycles. The number of nitrogens with two attached hydrogens (primary N) is 1. The Balaban J connectivity index is 1.86. The summed E-state index contributed by atoms with van der Waals surface area (Å²) in [5.41, 5.74) is 7.69. The molecule has 23 heavy (non-hydrogen) atoms. The van der Waals surface area contributed by atoms with Gasteiger partial charge in [-0.1, -0.05) is 19.1 Å². The molecule has 0 aromatic heterocycles. The van der Waals surface area contributed by atoms with Crippen LogP contribution >= 0.6 is 0 Å². The van der Waals surface area contributed by atoms with Crippen molar-refractivity contribution in [1.82, 2.24) is 9.80 Å². The van der Waals surface area contributed by atoms with Crippen molar-refractivity contribution in [2.75, 3.05) is 31.5 Å². The largest absolute Gasteiger partial charge is 0.339 e. The van der Waals surface area contributed by atoms with Gasteiger partial charge in [-0.15, -0.1) is 0 Å². The van der Waals surface area contributed by atoms with Gasteiger partial charge in [0.05, 0.1) is 5.92 Å². The van der Waals surface area contributed by atoms with Gasteiger partial charge in [0.1, 0.15) is 0 Å². The highest BCUT2D eigenvalue weighted by Crippen LogP contribution is 2.13. The zero-order chi connectivity index (χ0) is 17.0. The standard InChI is InChI=1S/C17H26N4O2/c1-12-5-4-6-15(11-12)19-17(23)21-9-7-20(8-10-21)16(22)13(2)14(3)18/h4-6,11,13-14H,7-10,18H2,1-3H3,(H,19,23). The summed E-state index contributed by atoms with van der Waals surface area (Å²) in [4.78, 5) is 28.1. The van der Waals surface area contributed by atoms with Gasteiger partial charge >= 0.3 is 6.03 Å². The van der Waals surface area contributed by atoms with Crippen molar-refractivity contribution < 1.29 is 9.59 Å². The van der Waals surface area contributed by atoms with Crippen LogP contribution in [0.5, 0.6) is 0 Å². The first-order valence-electron chi connectivity index (χ1n) is 8.05. The number of amides is 3. The lowest BCUT2D eigenvalue weighted by atomic mass is 10.0. The molecule has 3 N–H and O–H groups in total. The van der Waals surface area contributed by atoms with Gasteiger partial charge in [-0.2, -0.15) is 0 Å². The Bertz CT molecular complexity index is 565. The number of hydrogen-bond donors (Lipinski definition) is 2. The number of carbonyl (C=O) groups is 2. The molecule has 0 radical (unpaired) electrons. The van der Waals surface area contributed by atoms with E-state index < -0.39 is 0 Å². The topological polar surface area (TPSA) is 78.7 Å². The first kappa shape index (κ1) is 17.3. The smallest absolute Gasteiger partial charge is 0.321 e. The average Bonchev–Trinajstić information content (AvgIpc) is 2.53. The molecule has 1 heterocycles. The van der Waals surface area contributed by atoms with E-state index in [1.54, 1.807) is 9.80 Å². The van der Waals surface area contributed by atoms with Crippen LogP contribution in [-0.2, 0) is 4.79 Å². The molecule has 0 spiro atoms. The number of aryl methyl sites for hydroxylation is 1. The van der Waals surface area contributed by atoms with E-state index in [-0.39, 0.29) is 23.9 Å². The second kappa shape index (κ2) is 7.46. The number of benzene rings is 1. The zero-order valence-electron chi connectivity index (χ0n) is 14.1. The van der Waals surface area contributed by atoms with E-state index >= 15 is 0 Å². The first-order valence-corrected chi connectivity index (χ1v) is 8.05. The SMILES string of the molecule is Cc1cccc(NC(=O)N2CCN(C(=O)C(C)C(C)N)CC2)c1. The van der Waals surface area contributed by atoms with Gasteiger partial charge in [-0.25, -0.2) is 4.79 Å². The number of anilines is 1. The summed E-state index contributed by atoms with van der Waals surface area (Å²) in [6.45, 7) is 7.86. The van der Waals surface area contributed by atoms with Crippen LogP contribution in [0.4, 0.5) is 10.5 Å². The second-order valence-corrected chi connectivity index (χ2v) is 6.26. The molecule has 2 rings (SSSR count). The number of nitrogens with zero attached hydrogens (tertiary/aromatic N) is 2. The van der Waals surface area contributed by atoms with Gasteiger partial charge in [0.25, 0.3) is 0 Å². The number of carbonyl (C=O) groups excluding carboxylic acids is 2. The first-order chi connectivity index (χ1) is 10.9. The van der Waals surface area contributed by atoms with E-state index in [0.717, 1.165) is 11.3 Å². The highest BCUT2D eigenvalue weighted by molar-refractivity contribution is 5.89. The lowest BCUT2D eigenvalue weighted by Crippen LogP contribution is -2.54. The van der Waals surface area contributed by atoms with Crippen molar-refractivity contribution in [3.63, 3.8) is 0 Å². The Morgan fingerprint density at radius 1 is 1.13 bits per heavy atom. The van der Waals surface area contributed by atoms with E-state index in [1.807, 2.05) is 45.0 Å². The third-order valence-corrected chi connectivity index (χ3v) is 4.33. The van der Waals surface area contributed by atoms with Gasteiger partial charge in [-0.05, 0) is 31.5 Å². The van der Waals surface area contributed by atoms with Crippen LogP contribution in [0, 0.1) is 12.8 Å². The molecular formula is C17H26N4O2. The third kappa shape index (κ3) is 4.45. The monoisotopic (exact) mass is 318 g/mol. The third-order valence-electron chi connectivity index (χ3n) is 4.33. The highest BCUT2D eigenvalue weighted by atomic mass is 16.2. The average molecular weight is 318 g/mol. The number of hydrogen-bond acceptors (Lipinski definition) is 3. The van der Waals surface area contributed by atoms with E-state index in [0.29, 0.717) is 26.2 Å². The Hall–Kier alpha value is -2.08. The number of rotatable bonds is 3. The lowest BCUT2D eigenvalue weighted by molar-refractivity contribution is -0.136. The molecule has 0 bridgehead atoms. The predicted octanol–water partition coefficient (Wildman–Crippen LogP) is 1.65. The summed E-state index contributed by atoms with van der Waals surface area (Å²) in [5, 5.41) is 2.90. The summed E-state index contributed by atoms with van der Waals surface area (Å²) in [7, 11) is 0. The molecule has 1 aromatic carbocycles. The molecule has 1 saturated heterocycles. The molecule has 6 heteroatoms. The fourth-order valence-electron chi connectivity index (χ4n) is 2.57. The van der Waals surface area contributed by atoms with Crippen molar-refractivity contribution in [3.05, 3.63) is 29.8 Å². The highest BCUT2D eigenvalue weighted by Gasteiger charge is 2.28. The van der Waals surface area contributed by atoms with Crippen molar-refractivity contribution in [2.45, 2.75) is 26.8 Å². The summed E-state index contributed by atoms with van der Waals surface area (Å²) < 4.78 is 0. The molecular weight excluding hydrogens is 292 g/mol. The quantitative estimate of drug-likeness (QED) is 0.889. The fourth-order valence-corrected chi connectivity index (χ4v) is 2.57.